The van der Waals surface area contributed by atoms with Crippen molar-refractivity contribution in [2.24, 2.45) is 0 Å². The summed E-state index contributed by atoms with van der Waals surface area (Å²) in [4.78, 5) is 0. The predicted octanol–water partition coefficient (Wildman–Crippen LogP) is 8.44. The van der Waals surface area contributed by atoms with Crippen molar-refractivity contribution in [2.45, 2.75) is 51.8 Å². The molecule has 0 bridgehead atoms. The maximum Gasteiger partial charge on any atom is 0.0283 e. The number of aryl methyl sites for hydroxylation is 2. The molecule has 1 unspecified atom stereocenters. The summed E-state index contributed by atoms with van der Waals surface area (Å²) in [5.41, 5.74) is 11.0. The lowest BCUT2D eigenvalue weighted by Gasteiger charge is -2.23. The molecule has 3 rings (SSSR count). The first-order valence-corrected chi connectivity index (χ1v) is 11.0. The number of benzene rings is 3. The van der Waals surface area contributed by atoms with Crippen molar-refractivity contribution in [3.05, 3.63) is 82.9 Å². The SMILES string of the molecule is CCCC(C)c1c(-c2ccc(CBr)cc2)cccc1-c1c(C)cccc1C. The second-order valence-electron chi connectivity index (χ2n) is 7.55. The topological polar surface area (TPSA) is 0 Å². The minimum atomic E-state index is 0.524. The standard InChI is InChI=1S/C26H29Br/c1-5-8-18(2)26-23(22-15-13-21(17-27)14-16-22)11-7-12-24(26)25-19(3)9-6-10-20(25)4/h6-7,9-16,18H,5,8,17H2,1-4H3. The number of alkyl halides is 1. The van der Waals surface area contributed by atoms with Gasteiger partial charge in [0, 0.05) is 5.33 Å². The zero-order valence-corrected chi connectivity index (χ0v) is 18.4. The summed E-state index contributed by atoms with van der Waals surface area (Å²) in [6.07, 6.45) is 2.40. The molecule has 0 aliphatic carbocycles. The molecule has 0 spiro atoms. The molecule has 0 aromatic heterocycles. The van der Waals surface area contributed by atoms with Gasteiger partial charge in [0.25, 0.3) is 0 Å². The second kappa shape index (κ2) is 8.89. The Morgan fingerprint density at radius 1 is 0.815 bits per heavy atom. The molecule has 0 N–H and O–H groups in total. The lowest BCUT2D eigenvalue weighted by atomic mass is 9.81. The van der Waals surface area contributed by atoms with Gasteiger partial charge < -0.3 is 0 Å². The molecule has 0 amide bonds. The molecule has 1 atom stereocenters. The van der Waals surface area contributed by atoms with E-state index in [1.807, 2.05) is 0 Å². The van der Waals surface area contributed by atoms with Gasteiger partial charge in [0.2, 0.25) is 0 Å². The Morgan fingerprint density at radius 2 is 1.41 bits per heavy atom. The fraction of sp³-hybridized carbons (Fsp3) is 0.308. The van der Waals surface area contributed by atoms with E-state index in [-0.39, 0.29) is 0 Å². The third-order valence-electron chi connectivity index (χ3n) is 5.49. The van der Waals surface area contributed by atoms with Crippen molar-refractivity contribution >= 4 is 15.9 Å². The van der Waals surface area contributed by atoms with E-state index >= 15 is 0 Å². The molecule has 0 saturated heterocycles. The number of rotatable bonds is 6. The van der Waals surface area contributed by atoms with Gasteiger partial charge in [-0.2, -0.15) is 0 Å². The highest BCUT2D eigenvalue weighted by Gasteiger charge is 2.19. The fourth-order valence-corrected chi connectivity index (χ4v) is 4.53. The molecule has 0 heterocycles. The van der Waals surface area contributed by atoms with Crippen molar-refractivity contribution in [1.82, 2.24) is 0 Å². The fourth-order valence-electron chi connectivity index (χ4n) is 4.16. The minimum Gasteiger partial charge on any atom is -0.0876 e. The van der Waals surface area contributed by atoms with Crippen LogP contribution in [0.25, 0.3) is 22.3 Å². The van der Waals surface area contributed by atoms with Gasteiger partial charge in [-0.1, -0.05) is 96.9 Å². The monoisotopic (exact) mass is 420 g/mol. The first kappa shape index (κ1) is 19.9. The summed E-state index contributed by atoms with van der Waals surface area (Å²) >= 11 is 3.55. The Labute approximate surface area is 172 Å². The van der Waals surface area contributed by atoms with Crippen LogP contribution in [0.2, 0.25) is 0 Å². The van der Waals surface area contributed by atoms with Crippen LogP contribution in [0.15, 0.2) is 60.7 Å². The van der Waals surface area contributed by atoms with Crippen LogP contribution in [0.3, 0.4) is 0 Å². The molecule has 0 fully saturated rings. The summed E-state index contributed by atoms with van der Waals surface area (Å²) in [6, 6.07) is 22.4. The third kappa shape index (κ3) is 4.19. The van der Waals surface area contributed by atoms with Gasteiger partial charge in [-0.3, -0.25) is 0 Å². The highest BCUT2D eigenvalue weighted by Crippen LogP contribution is 2.41. The third-order valence-corrected chi connectivity index (χ3v) is 6.14. The van der Waals surface area contributed by atoms with E-state index < -0.39 is 0 Å². The van der Waals surface area contributed by atoms with Crippen LogP contribution in [-0.2, 0) is 5.33 Å². The van der Waals surface area contributed by atoms with Crippen LogP contribution >= 0.6 is 15.9 Å². The molecule has 27 heavy (non-hydrogen) atoms. The van der Waals surface area contributed by atoms with Crippen LogP contribution < -0.4 is 0 Å². The first-order chi connectivity index (χ1) is 13.1. The van der Waals surface area contributed by atoms with Gasteiger partial charge in [0.1, 0.15) is 0 Å². The largest absolute Gasteiger partial charge is 0.0876 e. The molecule has 0 aliphatic heterocycles. The van der Waals surface area contributed by atoms with Gasteiger partial charge in [-0.05, 0) is 70.7 Å². The highest BCUT2D eigenvalue weighted by atomic mass is 79.9. The van der Waals surface area contributed by atoms with Crippen molar-refractivity contribution < 1.29 is 0 Å². The summed E-state index contributed by atoms with van der Waals surface area (Å²) in [7, 11) is 0. The Bertz CT molecular complexity index is 886. The molecule has 0 radical (unpaired) electrons. The maximum absolute atomic E-state index is 3.55. The second-order valence-corrected chi connectivity index (χ2v) is 8.11. The van der Waals surface area contributed by atoms with Gasteiger partial charge in [-0.15, -0.1) is 0 Å². The molecular formula is C26H29Br. The van der Waals surface area contributed by atoms with Crippen LogP contribution in [0, 0.1) is 13.8 Å². The Balaban J connectivity index is 2.25. The van der Waals surface area contributed by atoms with Crippen LogP contribution in [-0.4, -0.2) is 0 Å². The van der Waals surface area contributed by atoms with Crippen molar-refractivity contribution in [2.75, 3.05) is 0 Å². The number of hydrogen-bond donors (Lipinski definition) is 0. The zero-order valence-electron chi connectivity index (χ0n) is 16.9. The number of halogens is 1. The van der Waals surface area contributed by atoms with Crippen molar-refractivity contribution in [1.29, 1.82) is 0 Å². The van der Waals surface area contributed by atoms with E-state index in [4.69, 9.17) is 0 Å². The Hall–Kier alpha value is -1.86. The summed E-state index contributed by atoms with van der Waals surface area (Å²) < 4.78 is 0. The zero-order chi connectivity index (χ0) is 19.4. The van der Waals surface area contributed by atoms with Gasteiger partial charge >= 0.3 is 0 Å². The van der Waals surface area contributed by atoms with E-state index in [0.717, 1.165) is 5.33 Å². The molecule has 140 valence electrons. The molecule has 1 heteroatoms. The van der Waals surface area contributed by atoms with Gasteiger partial charge in [0.05, 0.1) is 0 Å². The normalized spacial score (nSPS) is 12.2. The summed E-state index contributed by atoms with van der Waals surface area (Å²) in [5, 5.41) is 0.898. The predicted molar refractivity (Wildman–Crippen MR) is 123 cm³/mol. The van der Waals surface area contributed by atoms with E-state index in [1.165, 1.54) is 57.3 Å². The smallest absolute Gasteiger partial charge is 0.0283 e. The lowest BCUT2D eigenvalue weighted by Crippen LogP contribution is -2.02. The lowest BCUT2D eigenvalue weighted by molar-refractivity contribution is 0.667. The van der Waals surface area contributed by atoms with Crippen LogP contribution in [0.1, 0.15) is 54.9 Å². The maximum atomic E-state index is 3.55. The molecular weight excluding hydrogens is 392 g/mol. The summed E-state index contributed by atoms with van der Waals surface area (Å²) in [6.45, 7) is 9.12. The van der Waals surface area contributed by atoms with Crippen LogP contribution in [0.4, 0.5) is 0 Å². The highest BCUT2D eigenvalue weighted by molar-refractivity contribution is 9.08. The van der Waals surface area contributed by atoms with E-state index in [1.54, 1.807) is 0 Å². The Kier molecular flexibility index (Phi) is 6.55. The first-order valence-electron chi connectivity index (χ1n) is 9.91. The minimum absolute atomic E-state index is 0.524. The average molecular weight is 421 g/mol. The average Bonchev–Trinajstić information content (AvgIpc) is 2.68. The molecule has 0 saturated carbocycles. The molecule has 3 aromatic carbocycles. The van der Waals surface area contributed by atoms with E-state index in [2.05, 4.69) is 104 Å². The Morgan fingerprint density at radius 3 is 2.00 bits per heavy atom. The molecule has 0 aliphatic rings. The molecule has 0 nitrogen and oxygen atoms in total. The van der Waals surface area contributed by atoms with Gasteiger partial charge in [-0.25, -0.2) is 0 Å². The molecule has 3 aromatic rings. The summed E-state index contributed by atoms with van der Waals surface area (Å²) in [5.74, 6) is 0.524. The van der Waals surface area contributed by atoms with E-state index in [0.29, 0.717) is 5.92 Å². The van der Waals surface area contributed by atoms with Crippen molar-refractivity contribution in [3.8, 4) is 22.3 Å². The van der Waals surface area contributed by atoms with Crippen LogP contribution in [0.5, 0.6) is 0 Å². The quantitative estimate of drug-likeness (QED) is 0.350. The number of hydrogen-bond acceptors (Lipinski definition) is 0. The van der Waals surface area contributed by atoms with Crippen molar-refractivity contribution in [3.63, 3.8) is 0 Å². The van der Waals surface area contributed by atoms with Gasteiger partial charge in [0.15, 0.2) is 0 Å². The van der Waals surface area contributed by atoms with E-state index in [9.17, 15) is 0 Å².